The highest BCUT2D eigenvalue weighted by molar-refractivity contribution is 5.95. The maximum atomic E-state index is 12.8. The van der Waals surface area contributed by atoms with Gasteiger partial charge < -0.3 is 47.7 Å². The van der Waals surface area contributed by atoms with Crippen molar-refractivity contribution >= 4 is 35.6 Å². The topological polar surface area (TPSA) is 280 Å². The molecule has 0 aromatic carbocycles. The number of carbonyl (C=O) groups is 6. The molecule has 0 saturated carbocycles. The zero-order chi connectivity index (χ0) is 26.0. The normalized spacial score (nSPS) is 15.1. The number of imidazole rings is 1. The molecular weight excluding hydrogens is 458 g/mol. The Hall–Kier alpha value is -4.05. The van der Waals surface area contributed by atoms with Crippen molar-refractivity contribution in [2.45, 2.75) is 56.5 Å². The van der Waals surface area contributed by atoms with Crippen molar-refractivity contribution in [3.8, 4) is 0 Å². The number of aliphatic hydroxyl groups is 1. The van der Waals surface area contributed by atoms with Crippen molar-refractivity contribution in [1.82, 2.24) is 25.9 Å². The zero-order valence-electron chi connectivity index (χ0n) is 18.1. The summed E-state index contributed by atoms with van der Waals surface area (Å²) in [4.78, 5) is 77.2. The summed E-state index contributed by atoms with van der Waals surface area (Å²) in [6.07, 6.45) is -0.524. The number of hydrogen-bond acceptors (Lipinski definition) is 9. The van der Waals surface area contributed by atoms with Gasteiger partial charge in [0.25, 0.3) is 0 Å². The molecule has 188 valence electrons. The minimum Gasteiger partial charge on any atom is -0.481 e. The summed E-state index contributed by atoms with van der Waals surface area (Å²) in [5.41, 5.74) is 10.9. The summed E-state index contributed by atoms with van der Waals surface area (Å²) in [6, 6.07) is -6.26. The van der Waals surface area contributed by atoms with Crippen molar-refractivity contribution in [3.63, 3.8) is 0 Å². The highest BCUT2D eigenvalue weighted by Gasteiger charge is 2.33. The number of aromatic amines is 1. The number of nitrogens with zero attached hydrogens (tertiary/aromatic N) is 1. The molecule has 0 aliphatic carbocycles. The number of amides is 4. The number of carboxylic acid groups (broad SMARTS) is 2. The first kappa shape index (κ1) is 28.0. The van der Waals surface area contributed by atoms with Gasteiger partial charge >= 0.3 is 11.9 Å². The van der Waals surface area contributed by atoms with Crippen LogP contribution in [0.4, 0.5) is 0 Å². The quantitative estimate of drug-likeness (QED) is 0.121. The molecule has 1 aromatic rings. The summed E-state index contributed by atoms with van der Waals surface area (Å²) >= 11 is 0. The molecule has 16 nitrogen and oxygen atoms in total. The maximum absolute atomic E-state index is 12.8. The summed E-state index contributed by atoms with van der Waals surface area (Å²) < 4.78 is 0. The third-order valence-electron chi connectivity index (χ3n) is 4.43. The van der Waals surface area contributed by atoms with E-state index in [0.29, 0.717) is 5.69 Å². The number of primary amides is 1. The Balaban J connectivity index is 3.04. The van der Waals surface area contributed by atoms with Crippen molar-refractivity contribution in [2.24, 2.45) is 11.5 Å². The van der Waals surface area contributed by atoms with Crippen molar-refractivity contribution in [2.75, 3.05) is 0 Å². The van der Waals surface area contributed by atoms with Crippen LogP contribution in [0.15, 0.2) is 12.5 Å². The van der Waals surface area contributed by atoms with Crippen LogP contribution in [0.3, 0.4) is 0 Å². The molecule has 0 bridgehead atoms. The molecular formula is C18H27N7O9. The Kier molecular flexibility index (Phi) is 10.6. The molecule has 1 rings (SSSR count). The van der Waals surface area contributed by atoms with E-state index in [-0.39, 0.29) is 6.42 Å². The fourth-order valence-electron chi connectivity index (χ4n) is 2.71. The fraction of sp³-hybridized carbons (Fsp3) is 0.500. The molecule has 5 atom stereocenters. The molecule has 0 aliphatic heterocycles. The summed E-state index contributed by atoms with van der Waals surface area (Å²) in [5, 5.41) is 34.4. The van der Waals surface area contributed by atoms with Crippen LogP contribution in [0.5, 0.6) is 0 Å². The minimum atomic E-state index is -1.79. The number of carbonyl (C=O) groups excluding carboxylic acids is 4. The van der Waals surface area contributed by atoms with Gasteiger partial charge in [0.15, 0.2) is 0 Å². The zero-order valence-corrected chi connectivity index (χ0v) is 18.1. The molecule has 34 heavy (non-hydrogen) atoms. The van der Waals surface area contributed by atoms with Crippen LogP contribution in [-0.2, 0) is 35.2 Å². The van der Waals surface area contributed by atoms with E-state index in [9.17, 15) is 33.9 Å². The monoisotopic (exact) mass is 485 g/mol. The lowest BCUT2D eigenvalue weighted by Crippen LogP contribution is -2.60. The number of carboxylic acids is 2. The minimum absolute atomic E-state index is 0.224. The van der Waals surface area contributed by atoms with Gasteiger partial charge in [-0.15, -0.1) is 0 Å². The molecule has 4 amide bonds. The lowest BCUT2D eigenvalue weighted by molar-refractivity contribution is -0.147. The Morgan fingerprint density at radius 1 is 1.00 bits per heavy atom. The molecule has 16 heteroatoms. The van der Waals surface area contributed by atoms with Crippen molar-refractivity contribution < 1.29 is 44.1 Å². The lowest BCUT2D eigenvalue weighted by Gasteiger charge is -2.26. The average molecular weight is 485 g/mol. The molecule has 5 unspecified atom stereocenters. The number of aliphatic hydroxyl groups excluding tert-OH is 1. The number of nitrogens with one attached hydrogen (secondary N) is 4. The molecule has 0 radical (unpaired) electrons. The number of H-pyrrole nitrogens is 1. The van der Waals surface area contributed by atoms with E-state index in [0.717, 1.165) is 0 Å². The lowest BCUT2D eigenvalue weighted by atomic mass is 10.1. The van der Waals surface area contributed by atoms with Crippen LogP contribution in [0, 0.1) is 0 Å². The fourth-order valence-corrected chi connectivity index (χ4v) is 2.71. The van der Waals surface area contributed by atoms with Crippen LogP contribution >= 0.6 is 0 Å². The van der Waals surface area contributed by atoms with Gasteiger partial charge in [0.2, 0.25) is 23.6 Å². The second-order valence-electron chi connectivity index (χ2n) is 7.34. The summed E-state index contributed by atoms with van der Waals surface area (Å²) in [7, 11) is 0. The second kappa shape index (κ2) is 12.9. The van der Waals surface area contributed by atoms with Gasteiger partial charge in [-0.2, -0.15) is 0 Å². The number of rotatable bonds is 14. The third-order valence-corrected chi connectivity index (χ3v) is 4.43. The van der Waals surface area contributed by atoms with E-state index < -0.39 is 78.7 Å². The van der Waals surface area contributed by atoms with Gasteiger partial charge in [-0.3, -0.25) is 24.0 Å². The molecule has 11 N–H and O–H groups in total. The van der Waals surface area contributed by atoms with E-state index >= 15 is 0 Å². The first-order valence-corrected chi connectivity index (χ1v) is 9.86. The van der Waals surface area contributed by atoms with E-state index in [2.05, 4.69) is 20.6 Å². The maximum Gasteiger partial charge on any atom is 0.326 e. The Morgan fingerprint density at radius 2 is 1.62 bits per heavy atom. The number of aromatic nitrogens is 2. The van der Waals surface area contributed by atoms with Crippen LogP contribution in [-0.4, -0.2) is 91.1 Å². The van der Waals surface area contributed by atoms with Crippen molar-refractivity contribution in [3.05, 3.63) is 18.2 Å². The smallest absolute Gasteiger partial charge is 0.326 e. The Bertz CT molecular complexity index is 904. The van der Waals surface area contributed by atoms with Gasteiger partial charge in [0.1, 0.15) is 18.1 Å². The SMILES string of the molecule is CC(O)C(NC(=O)C(N)CC(N)=O)C(=O)NC(Cc1cnc[nH]1)C(=O)NC(CC(=O)O)C(=O)O. The Morgan fingerprint density at radius 3 is 2.09 bits per heavy atom. The molecule has 0 spiro atoms. The van der Waals surface area contributed by atoms with Gasteiger partial charge in [-0.05, 0) is 6.92 Å². The molecule has 0 fully saturated rings. The summed E-state index contributed by atoms with van der Waals surface area (Å²) in [5.74, 6) is -7.02. The van der Waals surface area contributed by atoms with Gasteiger partial charge in [0.05, 0.1) is 31.3 Å². The average Bonchev–Trinajstić information content (AvgIpc) is 3.22. The molecule has 1 heterocycles. The van der Waals surface area contributed by atoms with E-state index in [4.69, 9.17) is 21.7 Å². The highest BCUT2D eigenvalue weighted by atomic mass is 16.4. The first-order chi connectivity index (χ1) is 15.8. The van der Waals surface area contributed by atoms with Crippen LogP contribution in [0.2, 0.25) is 0 Å². The number of nitrogens with two attached hydrogens (primary N) is 2. The van der Waals surface area contributed by atoms with Gasteiger partial charge in [-0.1, -0.05) is 0 Å². The Labute approximate surface area is 192 Å². The summed E-state index contributed by atoms with van der Waals surface area (Å²) in [6.45, 7) is 1.17. The van der Waals surface area contributed by atoms with Crippen LogP contribution in [0.25, 0.3) is 0 Å². The van der Waals surface area contributed by atoms with E-state index in [1.165, 1.54) is 19.4 Å². The second-order valence-corrected chi connectivity index (χ2v) is 7.34. The predicted molar refractivity (Wildman–Crippen MR) is 111 cm³/mol. The molecule has 0 aliphatic rings. The molecule has 0 saturated heterocycles. The third kappa shape index (κ3) is 9.21. The standard InChI is InChI=1S/C18H27N7O9/c1-7(26)14(25-15(30)9(19)3-12(20)27)17(32)23-10(2-8-5-21-6-22-8)16(31)24-11(18(33)34)4-13(28)29/h5-7,9-11,14,26H,2-4,19H2,1H3,(H2,20,27)(H,21,22)(H,23,32)(H,24,31)(H,25,30)(H,28,29)(H,33,34). The predicted octanol–water partition coefficient (Wildman–Crippen LogP) is -4.45. The van der Waals surface area contributed by atoms with Crippen LogP contribution in [0.1, 0.15) is 25.5 Å². The van der Waals surface area contributed by atoms with Gasteiger partial charge in [0, 0.05) is 18.3 Å². The van der Waals surface area contributed by atoms with E-state index in [1.807, 2.05) is 5.32 Å². The molecule has 1 aromatic heterocycles. The largest absolute Gasteiger partial charge is 0.481 e. The number of aliphatic carboxylic acids is 2. The van der Waals surface area contributed by atoms with Gasteiger partial charge in [-0.25, -0.2) is 9.78 Å². The van der Waals surface area contributed by atoms with Crippen molar-refractivity contribution in [1.29, 1.82) is 0 Å². The van der Waals surface area contributed by atoms with Crippen LogP contribution < -0.4 is 27.4 Å². The first-order valence-electron chi connectivity index (χ1n) is 9.86. The highest BCUT2D eigenvalue weighted by Crippen LogP contribution is 2.04. The number of hydrogen-bond donors (Lipinski definition) is 9. The van der Waals surface area contributed by atoms with E-state index in [1.54, 1.807) is 0 Å².